The molecule has 2 N–H and O–H groups in total. The molecule has 0 aromatic carbocycles. The van der Waals surface area contributed by atoms with Crippen molar-refractivity contribution in [3.63, 3.8) is 0 Å². The average Bonchev–Trinajstić information content (AvgIpc) is 2.77. The summed E-state index contributed by atoms with van der Waals surface area (Å²) in [7, 11) is 1.60. The summed E-state index contributed by atoms with van der Waals surface area (Å²) in [5.74, 6) is 0.688. The molecule has 2 heterocycles. The Morgan fingerprint density at radius 3 is 2.73 bits per heavy atom. The molecule has 22 heavy (non-hydrogen) atoms. The Hall–Kier alpha value is -1.90. The maximum absolute atomic E-state index is 12.2. The molecule has 0 aliphatic carbocycles. The van der Waals surface area contributed by atoms with E-state index in [0.29, 0.717) is 29.0 Å². The van der Waals surface area contributed by atoms with Crippen LogP contribution in [0.4, 0.5) is 16.6 Å². The average molecular weight is 371 g/mol. The number of ether oxygens (including phenoxy) is 1. The van der Waals surface area contributed by atoms with Crippen molar-refractivity contribution in [2.45, 2.75) is 32.9 Å². The van der Waals surface area contributed by atoms with Gasteiger partial charge in [-0.1, -0.05) is 15.9 Å². The van der Waals surface area contributed by atoms with Crippen LogP contribution in [0.2, 0.25) is 0 Å². The topological polar surface area (TPSA) is 99.2 Å². The highest BCUT2D eigenvalue weighted by atomic mass is 79.9. The Labute approximate surface area is 136 Å². The first-order valence-electron chi connectivity index (χ1n) is 6.74. The quantitative estimate of drug-likeness (QED) is 0.831. The maximum Gasteiger partial charge on any atom is 0.416 e. The molecule has 0 unspecified atom stereocenters. The van der Waals surface area contributed by atoms with Crippen LogP contribution in [-0.4, -0.2) is 43.6 Å². The molecule has 0 saturated carbocycles. The summed E-state index contributed by atoms with van der Waals surface area (Å²) in [6.45, 7) is 6.01. The summed E-state index contributed by atoms with van der Waals surface area (Å²) in [6, 6.07) is 0. The number of hydrogen-bond donors (Lipinski definition) is 1. The number of carbonyl (C=O) groups excluding carboxylic acids is 1. The van der Waals surface area contributed by atoms with Gasteiger partial charge in [-0.3, -0.25) is 4.57 Å². The fourth-order valence-electron chi connectivity index (χ4n) is 1.90. The Morgan fingerprint density at radius 1 is 1.45 bits per heavy atom. The SMILES string of the molecule is CN(C(=O)OC(C)(C)C)c1nc2c(N)ncnc2n1CCBr. The van der Waals surface area contributed by atoms with Crippen LogP contribution in [0.1, 0.15) is 20.8 Å². The summed E-state index contributed by atoms with van der Waals surface area (Å²) >= 11 is 3.39. The molecule has 0 spiro atoms. The lowest BCUT2D eigenvalue weighted by Gasteiger charge is -2.24. The molecule has 0 saturated heterocycles. The van der Waals surface area contributed by atoms with Gasteiger partial charge < -0.3 is 10.5 Å². The predicted octanol–water partition coefficient (Wildman–Crippen LogP) is 2.17. The van der Waals surface area contributed by atoms with Crippen LogP contribution in [0.25, 0.3) is 11.2 Å². The second kappa shape index (κ2) is 6.07. The number of aryl methyl sites for hydroxylation is 1. The summed E-state index contributed by atoms with van der Waals surface area (Å²) in [6.07, 6.45) is 0.881. The number of rotatable bonds is 3. The van der Waals surface area contributed by atoms with Gasteiger partial charge in [-0.15, -0.1) is 0 Å². The fourth-order valence-corrected chi connectivity index (χ4v) is 2.26. The number of fused-ring (bicyclic) bond motifs is 1. The largest absolute Gasteiger partial charge is 0.443 e. The molecule has 0 aliphatic rings. The van der Waals surface area contributed by atoms with Crippen LogP contribution < -0.4 is 10.6 Å². The number of carbonyl (C=O) groups is 1. The first-order valence-corrected chi connectivity index (χ1v) is 7.86. The van der Waals surface area contributed by atoms with Crippen molar-refractivity contribution in [3.05, 3.63) is 6.33 Å². The number of alkyl halides is 1. The lowest BCUT2D eigenvalue weighted by Crippen LogP contribution is -2.35. The van der Waals surface area contributed by atoms with E-state index in [4.69, 9.17) is 10.5 Å². The van der Waals surface area contributed by atoms with E-state index in [9.17, 15) is 4.79 Å². The van der Waals surface area contributed by atoms with Crippen molar-refractivity contribution >= 4 is 45.0 Å². The van der Waals surface area contributed by atoms with E-state index in [1.165, 1.54) is 11.2 Å². The Bertz CT molecular complexity index is 694. The smallest absolute Gasteiger partial charge is 0.416 e. The van der Waals surface area contributed by atoms with E-state index >= 15 is 0 Å². The summed E-state index contributed by atoms with van der Waals surface area (Å²) in [5.41, 5.74) is 6.30. The van der Waals surface area contributed by atoms with E-state index in [0.717, 1.165) is 0 Å². The van der Waals surface area contributed by atoms with Crippen molar-refractivity contribution in [3.8, 4) is 0 Å². The molecule has 120 valence electrons. The molecule has 2 rings (SSSR count). The number of nitrogens with zero attached hydrogens (tertiary/aromatic N) is 5. The number of amides is 1. The molecule has 2 aromatic heterocycles. The minimum absolute atomic E-state index is 0.275. The first-order chi connectivity index (χ1) is 10.2. The van der Waals surface area contributed by atoms with Gasteiger partial charge in [0.25, 0.3) is 0 Å². The van der Waals surface area contributed by atoms with Crippen molar-refractivity contribution in [2.75, 3.05) is 23.0 Å². The van der Waals surface area contributed by atoms with Crippen LogP contribution >= 0.6 is 15.9 Å². The zero-order valence-electron chi connectivity index (χ0n) is 13.0. The van der Waals surface area contributed by atoms with Gasteiger partial charge in [0.2, 0.25) is 5.95 Å². The molecule has 8 nitrogen and oxygen atoms in total. The molecule has 0 bridgehead atoms. The van der Waals surface area contributed by atoms with E-state index in [-0.39, 0.29) is 5.82 Å². The lowest BCUT2D eigenvalue weighted by atomic mass is 10.2. The van der Waals surface area contributed by atoms with E-state index < -0.39 is 11.7 Å². The third-order valence-electron chi connectivity index (χ3n) is 2.82. The minimum atomic E-state index is -0.587. The maximum atomic E-state index is 12.2. The third-order valence-corrected chi connectivity index (χ3v) is 3.17. The van der Waals surface area contributed by atoms with E-state index in [2.05, 4.69) is 30.9 Å². The highest BCUT2D eigenvalue weighted by Crippen LogP contribution is 2.24. The second-order valence-corrected chi connectivity index (χ2v) is 6.52. The first kappa shape index (κ1) is 16.5. The number of anilines is 2. The van der Waals surface area contributed by atoms with Crippen LogP contribution in [0.3, 0.4) is 0 Å². The third kappa shape index (κ3) is 3.29. The molecule has 0 aliphatic heterocycles. The Kier molecular flexibility index (Phi) is 4.55. The molecule has 1 amide bonds. The zero-order valence-corrected chi connectivity index (χ0v) is 14.6. The van der Waals surface area contributed by atoms with Gasteiger partial charge in [-0.05, 0) is 20.8 Å². The lowest BCUT2D eigenvalue weighted by molar-refractivity contribution is 0.0586. The number of nitrogens with two attached hydrogens (primary N) is 1. The number of hydrogen-bond acceptors (Lipinski definition) is 6. The molecule has 0 atom stereocenters. The second-order valence-electron chi connectivity index (χ2n) is 5.72. The van der Waals surface area contributed by atoms with Crippen molar-refractivity contribution < 1.29 is 9.53 Å². The standard InChI is InChI=1S/C13H19BrN6O2/c1-13(2,3)22-12(21)19(4)11-18-8-9(15)16-7-17-10(8)20(11)6-5-14/h7H,5-6H2,1-4H3,(H2,15,16,17). The van der Waals surface area contributed by atoms with Crippen LogP contribution in [0, 0.1) is 0 Å². The molecular weight excluding hydrogens is 352 g/mol. The Morgan fingerprint density at radius 2 is 2.14 bits per heavy atom. The molecule has 9 heteroatoms. The number of halogens is 1. The Balaban J connectivity index is 2.47. The van der Waals surface area contributed by atoms with Gasteiger partial charge in [-0.2, -0.15) is 0 Å². The van der Waals surface area contributed by atoms with Crippen molar-refractivity contribution in [1.82, 2.24) is 19.5 Å². The van der Waals surface area contributed by atoms with Crippen molar-refractivity contribution in [2.24, 2.45) is 0 Å². The number of imidazole rings is 1. The predicted molar refractivity (Wildman–Crippen MR) is 88.2 cm³/mol. The summed E-state index contributed by atoms with van der Waals surface area (Å²) in [5, 5.41) is 0.678. The van der Waals surface area contributed by atoms with E-state index in [1.54, 1.807) is 11.6 Å². The van der Waals surface area contributed by atoms with Crippen molar-refractivity contribution in [1.29, 1.82) is 0 Å². The number of nitrogen functional groups attached to an aromatic ring is 1. The molecule has 0 radical (unpaired) electrons. The monoisotopic (exact) mass is 370 g/mol. The minimum Gasteiger partial charge on any atom is -0.443 e. The summed E-state index contributed by atoms with van der Waals surface area (Å²) in [4.78, 5) is 26.1. The van der Waals surface area contributed by atoms with Gasteiger partial charge >= 0.3 is 6.09 Å². The molecule has 2 aromatic rings. The van der Waals surface area contributed by atoms with Gasteiger partial charge in [0.05, 0.1) is 0 Å². The number of aromatic nitrogens is 4. The normalized spacial score (nSPS) is 11.7. The molecular formula is C13H19BrN6O2. The van der Waals surface area contributed by atoms with Crippen LogP contribution in [-0.2, 0) is 11.3 Å². The molecule has 0 fully saturated rings. The zero-order chi connectivity index (χ0) is 16.5. The highest BCUT2D eigenvalue weighted by molar-refractivity contribution is 9.09. The van der Waals surface area contributed by atoms with Gasteiger partial charge in [0.1, 0.15) is 11.9 Å². The van der Waals surface area contributed by atoms with Gasteiger partial charge in [0, 0.05) is 18.9 Å². The fraction of sp³-hybridized carbons (Fsp3) is 0.538. The van der Waals surface area contributed by atoms with Crippen LogP contribution in [0.5, 0.6) is 0 Å². The van der Waals surface area contributed by atoms with E-state index in [1.807, 2.05) is 20.8 Å². The van der Waals surface area contributed by atoms with Gasteiger partial charge in [0.15, 0.2) is 17.0 Å². The van der Waals surface area contributed by atoms with Crippen LogP contribution in [0.15, 0.2) is 6.33 Å². The van der Waals surface area contributed by atoms with Gasteiger partial charge in [-0.25, -0.2) is 24.6 Å². The summed E-state index contributed by atoms with van der Waals surface area (Å²) < 4.78 is 7.17. The highest BCUT2D eigenvalue weighted by Gasteiger charge is 2.25.